The monoisotopic (exact) mass is 344 g/mol. The van der Waals surface area contributed by atoms with E-state index in [1.807, 2.05) is 0 Å². The summed E-state index contributed by atoms with van der Waals surface area (Å²) >= 11 is 5.82. The molecular formula is C12H8ClF3N6O. The van der Waals surface area contributed by atoms with E-state index in [2.05, 4.69) is 25.0 Å². The molecule has 23 heavy (non-hydrogen) atoms. The van der Waals surface area contributed by atoms with Crippen LogP contribution in [0.3, 0.4) is 0 Å². The molecule has 0 saturated heterocycles. The molecule has 0 aliphatic rings. The van der Waals surface area contributed by atoms with Crippen molar-refractivity contribution in [3.05, 3.63) is 33.5 Å². The average Bonchev–Trinajstić information content (AvgIpc) is 2.82. The second-order valence-electron chi connectivity index (χ2n) is 4.72. The van der Waals surface area contributed by atoms with E-state index in [0.29, 0.717) is 15.4 Å². The maximum absolute atomic E-state index is 12.4. The molecule has 3 heterocycles. The zero-order valence-corrected chi connectivity index (χ0v) is 12.3. The summed E-state index contributed by atoms with van der Waals surface area (Å²) in [5, 5.41) is 3.94. The largest absolute Gasteiger partial charge is 0.408 e. The van der Waals surface area contributed by atoms with Crippen LogP contribution in [0, 0.1) is 6.92 Å². The normalized spacial score (nSPS) is 12.0. The molecule has 0 atom stereocenters. The lowest BCUT2D eigenvalue weighted by Crippen LogP contribution is -2.18. The fourth-order valence-electron chi connectivity index (χ4n) is 1.91. The van der Waals surface area contributed by atoms with Crippen LogP contribution in [-0.2, 0) is 6.54 Å². The molecule has 0 bridgehead atoms. The van der Waals surface area contributed by atoms with Crippen LogP contribution in [-0.4, -0.2) is 35.9 Å². The van der Waals surface area contributed by atoms with Gasteiger partial charge in [-0.1, -0.05) is 11.6 Å². The molecule has 0 aliphatic heterocycles. The highest BCUT2D eigenvalue weighted by atomic mass is 35.5. The van der Waals surface area contributed by atoms with Gasteiger partial charge in [-0.25, -0.2) is 15.0 Å². The minimum Gasteiger partial charge on any atom is -0.302 e. The number of aryl methyl sites for hydroxylation is 1. The van der Waals surface area contributed by atoms with Crippen LogP contribution >= 0.6 is 11.6 Å². The molecule has 0 amide bonds. The Hall–Kier alpha value is -2.49. The van der Waals surface area contributed by atoms with Gasteiger partial charge in [0.2, 0.25) is 0 Å². The van der Waals surface area contributed by atoms with Gasteiger partial charge in [-0.2, -0.15) is 18.3 Å². The first-order valence-corrected chi connectivity index (χ1v) is 6.64. The first-order chi connectivity index (χ1) is 10.7. The smallest absolute Gasteiger partial charge is 0.302 e. The van der Waals surface area contributed by atoms with Crippen LogP contribution in [0.4, 0.5) is 13.2 Å². The van der Waals surface area contributed by atoms with Gasteiger partial charge < -0.3 is 4.98 Å². The third-order valence-corrected chi connectivity index (χ3v) is 3.27. The van der Waals surface area contributed by atoms with Gasteiger partial charge in [0.15, 0.2) is 17.2 Å². The Morgan fingerprint density at radius 2 is 2.09 bits per heavy atom. The summed E-state index contributed by atoms with van der Waals surface area (Å²) in [5.41, 5.74) is -0.373. The number of hydrogen-bond donors (Lipinski definition) is 1. The molecule has 3 aromatic rings. The summed E-state index contributed by atoms with van der Waals surface area (Å²) in [6, 6.07) is 0. The Morgan fingerprint density at radius 3 is 2.74 bits per heavy atom. The first-order valence-electron chi connectivity index (χ1n) is 6.27. The predicted molar refractivity (Wildman–Crippen MR) is 75.0 cm³/mol. The van der Waals surface area contributed by atoms with Crippen LogP contribution in [0.5, 0.6) is 0 Å². The van der Waals surface area contributed by atoms with Gasteiger partial charge in [-0.15, -0.1) is 0 Å². The molecule has 0 fully saturated rings. The zero-order valence-electron chi connectivity index (χ0n) is 11.5. The summed E-state index contributed by atoms with van der Waals surface area (Å²) in [6.07, 6.45) is -2.06. The fourth-order valence-corrected chi connectivity index (χ4v) is 2.00. The van der Waals surface area contributed by atoms with Crippen molar-refractivity contribution in [1.29, 1.82) is 0 Å². The van der Waals surface area contributed by atoms with Gasteiger partial charge in [-0.3, -0.25) is 9.48 Å². The standard InChI is InChI=1S/C12H8ClF3N6O/c1-5-6(13)2-17-9(18-5)10-19-7-3-22(4-12(14,15)16)21-8(7)11(23)20-10/h2-3H,4H2,1H3,(H,19,20,23). The molecule has 3 rings (SSSR count). The average molecular weight is 345 g/mol. The molecule has 0 aliphatic carbocycles. The van der Waals surface area contributed by atoms with Crippen LogP contribution in [0.1, 0.15) is 5.69 Å². The quantitative estimate of drug-likeness (QED) is 0.769. The molecule has 0 spiro atoms. The lowest BCUT2D eigenvalue weighted by Gasteiger charge is -2.04. The lowest BCUT2D eigenvalue weighted by atomic mass is 10.4. The van der Waals surface area contributed by atoms with Crippen molar-refractivity contribution in [2.75, 3.05) is 0 Å². The number of H-pyrrole nitrogens is 1. The van der Waals surface area contributed by atoms with Crippen LogP contribution < -0.4 is 5.56 Å². The second kappa shape index (κ2) is 5.30. The first kappa shape index (κ1) is 15.4. The highest BCUT2D eigenvalue weighted by Gasteiger charge is 2.29. The van der Waals surface area contributed by atoms with Crippen LogP contribution in [0.2, 0.25) is 5.02 Å². The van der Waals surface area contributed by atoms with Gasteiger partial charge in [0.05, 0.1) is 16.9 Å². The Balaban J connectivity index is 2.10. The van der Waals surface area contributed by atoms with Crippen molar-refractivity contribution in [3.8, 4) is 11.6 Å². The fraction of sp³-hybridized carbons (Fsp3) is 0.250. The van der Waals surface area contributed by atoms with Crippen molar-refractivity contribution in [2.45, 2.75) is 19.6 Å². The molecule has 7 nitrogen and oxygen atoms in total. The third kappa shape index (κ3) is 3.16. The molecular weight excluding hydrogens is 337 g/mol. The summed E-state index contributed by atoms with van der Waals surface area (Å²) in [7, 11) is 0. The zero-order chi connectivity index (χ0) is 16.8. The van der Waals surface area contributed by atoms with Crippen molar-refractivity contribution < 1.29 is 13.2 Å². The van der Waals surface area contributed by atoms with E-state index in [4.69, 9.17) is 11.6 Å². The molecule has 0 aromatic carbocycles. The molecule has 3 aromatic heterocycles. The molecule has 0 unspecified atom stereocenters. The Labute approximate surface area is 131 Å². The third-order valence-electron chi connectivity index (χ3n) is 2.89. The number of fused-ring (bicyclic) bond motifs is 1. The van der Waals surface area contributed by atoms with Gasteiger partial charge in [0.1, 0.15) is 12.1 Å². The summed E-state index contributed by atoms with van der Waals surface area (Å²) in [5.74, 6) is 0.128. The van der Waals surface area contributed by atoms with Crippen molar-refractivity contribution in [1.82, 2.24) is 29.7 Å². The Morgan fingerprint density at radius 1 is 1.35 bits per heavy atom. The molecule has 120 valence electrons. The van der Waals surface area contributed by atoms with E-state index in [0.717, 1.165) is 6.20 Å². The maximum atomic E-state index is 12.4. The van der Waals surface area contributed by atoms with E-state index < -0.39 is 18.3 Å². The molecule has 1 N–H and O–H groups in total. The minimum absolute atomic E-state index is 0.0178. The number of halogens is 4. The number of aromatic nitrogens is 6. The predicted octanol–water partition coefficient (Wildman–Crippen LogP) is 2.10. The van der Waals surface area contributed by atoms with Gasteiger partial charge in [0, 0.05) is 6.20 Å². The summed E-state index contributed by atoms with van der Waals surface area (Å²) < 4.78 is 37.8. The SMILES string of the molecule is Cc1nc(-c2nc3cn(CC(F)(F)F)nc3c(=O)[nH]2)ncc1Cl. The highest BCUT2D eigenvalue weighted by Crippen LogP contribution is 2.19. The van der Waals surface area contributed by atoms with Gasteiger partial charge >= 0.3 is 6.18 Å². The summed E-state index contributed by atoms with van der Waals surface area (Å²) in [6.45, 7) is 0.334. The number of nitrogens with one attached hydrogen (secondary N) is 1. The number of rotatable bonds is 2. The number of hydrogen-bond acceptors (Lipinski definition) is 5. The number of aromatic amines is 1. The van der Waals surface area contributed by atoms with Crippen LogP contribution in [0.15, 0.2) is 17.2 Å². The summed E-state index contributed by atoms with van der Waals surface area (Å²) in [4.78, 5) is 26.4. The molecule has 0 saturated carbocycles. The topological polar surface area (TPSA) is 89.4 Å². The van der Waals surface area contributed by atoms with Gasteiger partial charge in [0.25, 0.3) is 5.56 Å². The molecule has 0 radical (unpaired) electrons. The van der Waals surface area contributed by atoms with E-state index in [9.17, 15) is 18.0 Å². The highest BCUT2D eigenvalue weighted by molar-refractivity contribution is 6.31. The molecule has 11 heteroatoms. The van der Waals surface area contributed by atoms with Gasteiger partial charge in [-0.05, 0) is 6.92 Å². The van der Waals surface area contributed by atoms with Crippen molar-refractivity contribution in [3.63, 3.8) is 0 Å². The minimum atomic E-state index is -4.45. The Kier molecular flexibility index (Phi) is 3.55. The maximum Gasteiger partial charge on any atom is 0.408 e. The van der Waals surface area contributed by atoms with E-state index >= 15 is 0 Å². The Bertz CT molecular complexity index is 948. The van der Waals surface area contributed by atoms with Crippen LogP contribution in [0.25, 0.3) is 22.7 Å². The second-order valence-corrected chi connectivity index (χ2v) is 5.12. The lowest BCUT2D eigenvalue weighted by molar-refractivity contribution is -0.142. The van der Waals surface area contributed by atoms with E-state index in [-0.39, 0.29) is 22.7 Å². The number of nitrogens with zero attached hydrogens (tertiary/aromatic N) is 5. The van der Waals surface area contributed by atoms with Crippen molar-refractivity contribution >= 4 is 22.6 Å². The van der Waals surface area contributed by atoms with Crippen molar-refractivity contribution in [2.24, 2.45) is 0 Å². The van der Waals surface area contributed by atoms with E-state index in [1.165, 1.54) is 6.20 Å². The number of alkyl halides is 3. The van der Waals surface area contributed by atoms with E-state index in [1.54, 1.807) is 6.92 Å².